The van der Waals surface area contributed by atoms with E-state index in [0.717, 1.165) is 18.5 Å². The highest BCUT2D eigenvalue weighted by atomic mass is 79.9. The molecule has 1 fully saturated rings. The smallest absolute Gasteiger partial charge is 0.283 e. The van der Waals surface area contributed by atoms with Crippen LogP contribution in [0.15, 0.2) is 15.5 Å². The summed E-state index contributed by atoms with van der Waals surface area (Å²) in [6.07, 6.45) is 6.53. The van der Waals surface area contributed by atoms with Crippen molar-refractivity contribution in [3.8, 4) is 0 Å². The fraction of sp³-hybridized carbons (Fsp3) is 0.667. The molecule has 2 rings (SSSR count). The van der Waals surface area contributed by atoms with Crippen molar-refractivity contribution in [2.24, 2.45) is 0 Å². The molecule has 1 aliphatic rings. The van der Waals surface area contributed by atoms with E-state index in [9.17, 15) is 4.79 Å². The predicted octanol–water partition coefficient (Wildman–Crippen LogP) is 2.77. The van der Waals surface area contributed by atoms with Crippen molar-refractivity contribution in [3.63, 3.8) is 0 Å². The van der Waals surface area contributed by atoms with Crippen molar-refractivity contribution >= 4 is 21.6 Å². The first-order valence-corrected chi connectivity index (χ1v) is 6.89. The Kier molecular flexibility index (Phi) is 3.56. The zero-order chi connectivity index (χ0) is 12.5. The molecule has 0 spiro atoms. The van der Waals surface area contributed by atoms with Crippen LogP contribution in [0.1, 0.15) is 39.5 Å². The van der Waals surface area contributed by atoms with Gasteiger partial charge in [0.1, 0.15) is 4.47 Å². The van der Waals surface area contributed by atoms with Crippen LogP contribution in [-0.4, -0.2) is 15.3 Å². The van der Waals surface area contributed by atoms with Crippen molar-refractivity contribution in [2.45, 2.75) is 51.6 Å². The van der Waals surface area contributed by atoms with Gasteiger partial charge in [0.15, 0.2) is 0 Å². The van der Waals surface area contributed by atoms with Crippen LogP contribution < -0.4 is 10.9 Å². The standard InChI is InChI=1S/C12H18BrN3O/c1-3-16-11(17)10(13)9(8-14-16)15-12(2)6-4-5-7-12/h8,15H,3-7H2,1-2H3. The van der Waals surface area contributed by atoms with Gasteiger partial charge in [-0.15, -0.1) is 0 Å². The number of hydrogen-bond donors (Lipinski definition) is 1. The van der Waals surface area contributed by atoms with E-state index in [4.69, 9.17) is 0 Å². The Balaban J connectivity index is 2.28. The monoisotopic (exact) mass is 299 g/mol. The third-order valence-electron chi connectivity index (χ3n) is 3.43. The van der Waals surface area contributed by atoms with Crippen molar-refractivity contribution in [3.05, 3.63) is 21.0 Å². The fourth-order valence-electron chi connectivity index (χ4n) is 2.38. The highest BCUT2D eigenvalue weighted by molar-refractivity contribution is 9.10. The first-order chi connectivity index (χ1) is 8.06. The third kappa shape index (κ3) is 2.54. The SMILES string of the molecule is CCn1ncc(NC2(C)CCCC2)c(Br)c1=O. The molecule has 4 nitrogen and oxygen atoms in total. The lowest BCUT2D eigenvalue weighted by Crippen LogP contribution is -2.33. The molecule has 1 aromatic rings. The molecule has 1 saturated carbocycles. The van der Waals surface area contributed by atoms with Gasteiger partial charge in [0, 0.05) is 12.1 Å². The van der Waals surface area contributed by atoms with E-state index in [1.165, 1.54) is 17.5 Å². The van der Waals surface area contributed by atoms with Gasteiger partial charge in [-0.05, 0) is 42.6 Å². The summed E-state index contributed by atoms with van der Waals surface area (Å²) in [6, 6.07) is 0. The number of halogens is 1. The summed E-state index contributed by atoms with van der Waals surface area (Å²) >= 11 is 3.37. The highest BCUT2D eigenvalue weighted by Gasteiger charge is 2.29. The summed E-state index contributed by atoms with van der Waals surface area (Å²) in [6.45, 7) is 4.71. The van der Waals surface area contributed by atoms with Crippen LogP contribution in [0.2, 0.25) is 0 Å². The molecule has 17 heavy (non-hydrogen) atoms. The highest BCUT2D eigenvalue weighted by Crippen LogP contribution is 2.33. The van der Waals surface area contributed by atoms with Crippen molar-refractivity contribution in [2.75, 3.05) is 5.32 Å². The quantitative estimate of drug-likeness (QED) is 0.933. The molecule has 0 amide bonds. The molecular weight excluding hydrogens is 282 g/mol. The lowest BCUT2D eigenvalue weighted by Gasteiger charge is -2.27. The van der Waals surface area contributed by atoms with Gasteiger partial charge in [-0.2, -0.15) is 5.10 Å². The Labute approximate surface area is 110 Å². The summed E-state index contributed by atoms with van der Waals surface area (Å²) in [5.41, 5.74) is 0.845. The first kappa shape index (κ1) is 12.6. The average Bonchev–Trinajstić information content (AvgIpc) is 2.72. The Bertz CT molecular complexity index is 463. The summed E-state index contributed by atoms with van der Waals surface area (Å²) in [7, 11) is 0. The summed E-state index contributed by atoms with van der Waals surface area (Å²) in [5, 5.41) is 7.60. The maximum absolute atomic E-state index is 11.9. The van der Waals surface area contributed by atoms with Gasteiger partial charge in [-0.3, -0.25) is 4.79 Å². The summed E-state index contributed by atoms with van der Waals surface area (Å²) in [5.74, 6) is 0. The molecule has 1 aliphatic carbocycles. The Morgan fingerprint density at radius 2 is 2.18 bits per heavy atom. The number of nitrogens with one attached hydrogen (secondary N) is 1. The number of hydrogen-bond acceptors (Lipinski definition) is 3. The maximum Gasteiger partial charge on any atom is 0.283 e. The van der Waals surface area contributed by atoms with Gasteiger partial charge in [-0.1, -0.05) is 12.8 Å². The van der Waals surface area contributed by atoms with Gasteiger partial charge in [0.2, 0.25) is 0 Å². The molecule has 1 N–H and O–H groups in total. The minimum absolute atomic E-state index is 0.0703. The Morgan fingerprint density at radius 1 is 1.53 bits per heavy atom. The van der Waals surface area contributed by atoms with Crippen LogP contribution in [0.25, 0.3) is 0 Å². The summed E-state index contributed by atoms with van der Waals surface area (Å²) in [4.78, 5) is 11.9. The number of aromatic nitrogens is 2. The summed E-state index contributed by atoms with van der Waals surface area (Å²) < 4.78 is 2.04. The zero-order valence-corrected chi connectivity index (χ0v) is 11.9. The van der Waals surface area contributed by atoms with Crippen LogP contribution >= 0.6 is 15.9 Å². The molecule has 0 saturated heterocycles. The van der Waals surface area contributed by atoms with Crippen LogP contribution in [0.4, 0.5) is 5.69 Å². The molecule has 0 atom stereocenters. The molecule has 94 valence electrons. The normalized spacial score (nSPS) is 18.3. The number of anilines is 1. The van der Waals surface area contributed by atoms with Gasteiger partial charge in [-0.25, -0.2) is 4.68 Å². The predicted molar refractivity (Wildman–Crippen MR) is 72.4 cm³/mol. The van der Waals surface area contributed by atoms with Crippen LogP contribution in [-0.2, 0) is 6.54 Å². The first-order valence-electron chi connectivity index (χ1n) is 6.09. The second-order valence-electron chi connectivity index (χ2n) is 4.89. The maximum atomic E-state index is 11.9. The van der Waals surface area contributed by atoms with Crippen LogP contribution in [0.5, 0.6) is 0 Å². The van der Waals surface area contributed by atoms with E-state index < -0.39 is 0 Å². The van der Waals surface area contributed by atoms with E-state index >= 15 is 0 Å². The average molecular weight is 300 g/mol. The number of nitrogens with zero attached hydrogens (tertiary/aromatic N) is 2. The Morgan fingerprint density at radius 3 is 2.76 bits per heavy atom. The lowest BCUT2D eigenvalue weighted by molar-refractivity contribution is 0.530. The third-order valence-corrected chi connectivity index (χ3v) is 4.19. The van der Waals surface area contributed by atoms with E-state index in [1.54, 1.807) is 6.20 Å². The van der Waals surface area contributed by atoms with E-state index in [0.29, 0.717) is 11.0 Å². The van der Waals surface area contributed by atoms with E-state index in [1.807, 2.05) is 6.92 Å². The molecule has 1 heterocycles. The van der Waals surface area contributed by atoms with Crippen molar-refractivity contribution < 1.29 is 0 Å². The van der Waals surface area contributed by atoms with Crippen LogP contribution in [0.3, 0.4) is 0 Å². The van der Waals surface area contributed by atoms with Gasteiger partial charge in [0.05, 0.1) is 11.9 Å². The minimum Gasteiger partial charge on any atom is -0.378 e. The second-order valence-corrected chi connectivity index (χ2v) is 5.68. The second kappa shape index (κ2) is 4.80. The van der Waals surface area contributed by atoms with E-state index in [2.05, 4.69) is 33.3 Å². The van der Waals surface area contributed by atoms with Gasteiger partial charge >= 0.3 is 0 Å². The molecule has 0 aliphatic heterocycles. The lowest BCUT2D eigenvalue weighted by atomic mass is 10.0. The van der Waals surface area contributed by atoms with Gasteiger partial charge in [0.25, 0.3) is 5.56 Å². The number of aryl methyl sites for hydroxylation is 1. The van der Waals surface area contributed by atoms with Crippen molar-refractivity contribution in [1.29, 1.82) is 0 Å². The van der Waals surface area contributed by atoms with Crippen molar-refractivity contribution in [1.82, 2.24) is 9.78 Å². The molecule has 0 unspecified atom stereocenters. The molecule has 1 aromatic heterocycles. The Hall–Kier alpha value is -0.840. The van der Waals surface area contributed by atoms with Crippen LogP contribution in [0, 0.1) is 0 Å². The fourth-order valence-corrected chi connectivity index (χ4v) is 2.79. The molecular formula is C12H18BrN3O. The zero-order valence-electron chi connectivity index (χ0n) is 10.3. The van der Waals surface area contributed by atoms with E-state index in [-0.39, 0.29) is 11.1 Å². The van der Waals surface area contributed by atoms with Gasteiger partial charge < -0.3 is 5.32 Å². The number of rotatable bonds is 3. The topological polar surface area (TPSA) is 46.9 Å². The molecule has 0 radical (unpaired) electrons. The molecule has 5 heteroatoms. The largest absolute Gasteiger partial charge is 0.378 e. The minimum atomic E-state index is -0.0703. The molecule has 0 bridgehead atoms. The molecule has 0 aromatic carbocycles.